The first kappa shape index (κ1) is 31.2. The molecule has 0 amide bonds. The van der Waals surface area contributed by atoms with Gasteiger partial charge in [-0.05, 0) is 93.7 Å². The monoisotopic (exact) mass is 702 g/mol. The van der Waals surface area contributed by atoms with Crippen LogP contribution in [0.4, 0.5) is 17.1 Å². The summed E-state index contributed by atoms with van der Waals surface area (Å²) in [7, 11) is 0. The first-order valence-electron chi connectivity index (χ1n) is 18.8. The Balaban J connectivity index is 1.19. The molecule has 258 valence electrons. The zero-order valence-corrected chi connectivity index (χ0v) is 29.9. The largest absolute Gasteiger partial charge is 0.454 e. The van der Waals surface area contributed by atoms with Crippen molar-refractivity contribution in [3.8, 4) is 27.9 Å². The molecule has 11 rings (SSSR count). The summed E-state index contributed by atoms with van der Waals surface area (Å²) < 4.78 is 9.12. The first-order valence-corrected chi connectivity index (χ1v) is 18.8. The number of para-hydroxylation sites is 4. The normalized spacial score (nSPS) is 11.6. The van der Waals surface area contributed by atoms with E-state index in [0.29, 0.717) is 0 Å². The van der Waals surface area contributed by atoms with Gasteiger partial charge in [0.1, 0.15) is 5.58 Å². The molecule has 0 bridgehead atoms. The fourth-order valence-electron chi connectivity index (χ4n) is 8.43. The van der Waals surface area contributed by atoms with Gasteiger partial charge < -0.3 is 13.9 Å². The average molecular weight is 703 g/mol. The lowest BCUT2D eigenvalue weighted by Gasteiger charge is -2.27. The molecule has 9 aromatic carbocycles. The van der Waals surface area contributed by atoms with Gasteiger partial charge in [0.05, 0.1) is 16.7 Å². The van der Waals surface area contributed by atoms with Gasteiger partial charge in [-0.15, -0.1) is 0 Å². The maximum absolute atomic E-state index is 6.74. The summed E-state index contributed by atoms with van der Waals surface area (Å²) in [6.07, 6.45) is 0. The molecular weight excluding hydrogens is 669 g/mol. The molecule has 0 N–H and O–H groups in total. The number of benzene rings is 9. The second-order valence-electron chi connectivity index (χ2n) is 14.1. The van der Waals surface area contributed by atoms with Crippen LogP contribution in [-0.4, -0.2) is 4.57 Å². The molecule has 0 aliphatic rings. The third-order valence-electron chi connectivity index (χ3n) is 11.0. The van der Waals surface area contributed by atoms with Crippen molar-refractivity contribution in [1.29, 1.82) is 0 Å². The van der Waals surface area contributed by atoms with Crippen molar-refractivity contribution in [3.63, 3.8) is 0 Å². The zero-order chi connectivity index (χ0) is 36.3. The van der Waals surface area contributed by atoms with Crippen LogP contribution in [0.3, 0.4) is 0 Å². The summed E-state index contributed by atoms with van der Waals surface area (Å²) in [6, 6.07) is 74.0. The van der Waals surface area contributed by atoms with Gasteiger partial charge in [-0.1, -0.05) is 146 Å². The highest BCUT2D eigenvalue weighted by molar-refractivity contribution is 6.13. The van der Waals surface area contributed by atoms with Gasteiger partial charge in [0.15, 0.2) is 5.58 Å². The summed E-state index contributed by atoms with van der Waals surface area (Å²) >= 11 is 0. The second kappa shape index (κ2) is 12.6. The molecule has 2 aromatic heterocycles. The highest BCUT2D eigenvalue weighted by atomic mass is 16.3. The Hall–Kier alpha value is -7.36. The predicted octanol–water partition coefficient (Wildman–Crippen LogP) is 14.6. The van der Waals surface area contributed by atoms with Gasteiger partial charge in [-0.2, -0.15) is 0 Å². The number of anilines is 3. The van der Waals surface area contributed by atoms with Gasteiger partial charge in [-0.3, -0.25) is 0 Å². The van der Waals surface area contributed by atoms with Crippen LogP contribution in [0.2, 0.25) is 0 Å². The molecule has 55 heavy (non-hydrogen) atoms. The number of nitrogens with zero attached hydrogens (tertiary/aromatic N) is 2. The number of fused-ring (bicyclic) bond motifs is 7. The van der Waals surface area contributed by atoms with E-state index >= 15 is 0 Å². The maximum atomic E-state index is 6.74. The lowest BCUT2D eigenvalue weighted by atomic mass is 9.92. The Morgan fingerprint density at radius 1 is 0.382 bits per heavy atom. The number of rotatable bonds is 6. The lowest BCUT2D eigenvalue weighted by molar-refractivity contribution is 0.669. The van der Waals surface area contributed by atoms with E-state index in [1.165, 1.54) is 38.2 Å². The fourth-order valence-corrected chi connectivity index (χ4v) is 8.43. The molecule has 11 aromatic rings. The Morgan fingerprint density at radius 3 is 1.93 bits per heavy atom. The minimum Gasteiger partial charge on any atom is -0.454 e. The van der Waals surface area contributed by atoms with Crippen molar-refractivity contribution in [2.75, 3.05) is 4.90 Å². The Kier molecular flexibility index (Phi) is 7.17. The van der Waals surface area contributed by atoms with Crippen LogP contribution in [0.25, 0.3) is 82.5 Å². The van der Waals surface area contributed by atoms with Gasteiger partial charge in [0, 0.05) is 38.6 Å². The van der Waals surface area contributed by atoms with E-state index in [-0.39, 0.29) is 0 Å². The van der Waals surface area contributed by atoms with E-state index in [1.807, 2.05) is 6.07 Å². The van der Waals surface area contributed by atoms with E-state index in [0.717, 1.165) is 61.3 Å². The minimum atomic E-state index is 0.854. The molecule has 0 atom stereocenters. The molecule has 3 nitrogen and oxygen atoms in total. The maximum Gasteiger partial charge on any atom is 0.159 e. The summed E-state index contributed by atoms with van der Waals surface area (Å²) in [6.45, 7) is 0. The number of furan rings is 1. The van der Waals surface area contributed by atoms with Gasteiger partial charge in [0.2, 0.25) is 0 Å². The summed E-state index contributed by atoms with van der Waals surface area (Å²) in [5.41, 5.74) is 12.9. The summed E-state index contributed by atoms with van der Waals surface area (Å²) in [5, 5.41) is 7.09. The smallest absolute Gasteiger partial charge is 0.159 e. The van der Waals surface area contributed by atoms with Crippen molar-refractivity contribution >= 4 is 71.6 Å². The first-order chi connectivity index (χ1) is 27.3. The van der Waals surface area contributed by atoms with Crippen LogP contribution in [0.15, 0.2) is 211 Å². The van der Waals surface area contributed by atoms with E-state index in [4.69, 9.17) is 4.42 Å². The minimum absolute atomic E-state index is 0.854. The second-order valence-corrected chi connectivity index (χ2v) is 14.1. The van der Waals surface area contributed by atoms with Crippen molar-refractivity contribution in [2.24, 2.45) is 0 Å². The topological polar surface area (TPSA) is 21.3 Å². The highest BCUT2D eigenvalue weighted by Crippen LogP contribution is 2.46. The van der Waals surface area contributed by atoms with Crippen LogP contribution < -0.4 is 4.90 Å². The number of hydrogen-bond acceptors (Lipinski definition) is 2. The molecule has 0 spiro atoms. The predicted molar refractivity (Wildman–Crippen MR) is 231 cm³/mol. The van der Waals surface area contributed by atoms with Crippen molar-refractivity contribution in [1.82, 2.24) is 4.57 Å². The van der Waals surface area contributed by atoms with E-state index < -0.39 is 0 Å². The lowest BCUT2D eigenvalue weighted by Crippen LogP contribution is -2.11. The third kappa shape index (κ3) is 5.13. The molecule has 0 aliphatic heterocycles. The fraction of sp³-hybridized carbons (Fsp3) is 0. The van der Waals surface area contributed by atoms with E-state index in [2.05, 4.69) is 210 Å². The number of hydrogen-bond donors (Lipinski definition) is 0. The quantitative estimate of drug-likeness (QED) is 0.172. The van der Waals surface area contributed by atoms with E-state index in [9.17, 15) is 0 Å². The van der Waals surface area contributed by atoms with Gasteiger partial charge in [0.25, 0.3) is 0 Å². The zero-order valence-electron chi connectivity index (χ0n) is 29.9. The molecule has 0 fully saturated rings. The van der Waals surface area contributed by atoms with Crippen molar-refractivity contribution in [2.45, 2.75) is 0 Å². The third-order valence-corrected chi connectivity index (χ3v) is 11.0. The molecule has 2 heterocycles. The van der Waals surface area contributed by atoms with Crippen LogP contribution >= 0.6 is 0 Å². The van der Waals surface area contributed by atoms with Gasteiger partial charge in [-0.25, -0.2) is 0 Å². The van der Waals surface area contributed by atoms with Crippen LogP contribution in [-0.2, 0) is 0 Å². The molecule has 3 heteroatoms. The SMILES string of the molecule is c1ccc(-c2cc(N(c3ccc4c5ccccc5n(-c5ccccc5)c4c3)c3cccc4c3oc3ccccc34)ccc2-c2ccc3ccccc3c2)cc1. The summed E-state index contributed by atoms with van der Waals surface area (Å²) in [5.74, 6) is 0. The standard InChI is InChI=1S/C52H34N2O/c1-3-15-36(16-4-1)47-33-40(28-30-42(47)38-27-26-35-14-7-8-17-37(35)32-38)53(49-24-13-22-46-45-21-10-12-25-51(45)55-52(46)49)41-29-31-44-43-20-9-11-23-48(43)54(50(44)34-41)39-18-5-2-6-19-39/h1-34H. The van der Waals surface area contributed by atoms with Crippen LogP contribution in [0.5, 0.6) is 0 Å². The molecule has 0 saturated heterocycles. The van der Waals surface area contributed by atoms with Crippen LogP contribution in [0, 0.1) is 0 Å². The van der Waals surface area contributed by atoms with Crippen molar-refractivity contribution < 1.29 is 4.42 Å². The number of aromatic nitrogens is 1. The Bertz CT molecular complexity index is 3210. The van der Waals surface area contributed by atoms with Crippen LogP contribution in [0.1, 0.15) is 0 Å². The van der Waals surface area contributed by atoms with Gasteiger partial charge >= 0.3 is 0 Å². The molecule has 0 saturated carbocycles. The molecule has 0 radical (unpaired) electrons. The Morgan fingerprint density at radius 2 is 1.05 bits per heavy atom. The average Bonchev–Trinajstić information content (AvgIpc) is 3.80. The molecule has 0 unspecified atom stereocenters. The molecule has 0 aliphatic carbocycles. The van der Waals surface area contributed by atoms with E-state index in [1.54, 1.807) is 0 Å². The molecular formula is C52H34N2O. The summed E-state index contributed by atoms with van der Waals surface area (Å²) in [4.78, 5) is 2.37. The van der Waals surface area contributed by atoms with Crippen molar-refractivity contribution in [3.05, 3.63) is 206 Å². The Labute approximate surface area is 318 Å². The highest BCUT2D eigenvalue weighted by Gasteiger charge is 2.23.